The van der Waals surface area contributed by atoms with E-state index in [4.69, 9.17) is 9.47 Å². The largest absolute Gasteiger partial charge is 0.437 e. The van der Waals surface area contributed by atoms with Crippen molar-refractivity contribution in [1.29, 1.82) is 0 Å². The Morgan fingerprint density at radius 3 is 2.72 bits per heavy atom. The van der Waals surface area contributed by atoms with E-state index >= 15 is 0 Å². The molecular weight excluding hydrogens is 388 g/mol. The smallest absolute Gasteiger partial charge is 0.240 e. The number of aromatic nitrogens is 4. The van der Waals surface area contributed by atoms with Crippen LogP contribution >= 0.6 is 11.3 Å². The summed E-state index contributed by atoms with van der Waals surface area (Å²) in [4.78, 5) is 19.6. The van der Waals surface area contributed by atoms with Gasteiger partial charge in [0, 0.05) is 25.0 Å². The minimum atomic E-state index is 0.554. The van der Waals surface area contributed by atoms with Gasteiger partial charge in [-0.05, 0) is 41.8 Å². The monoisotopic (exact) mass is 406 g/mol. The molecule has 29 heavy (non-hydrogen) atoms. The van der Waals surface area contributed by atoms with E-state index in [0.29, 0.717) is 17.6 Å². The first-order chi connectivity index (χ1) is 14.3. The Morgan fingerprint density at radius 2 is 1.86 bits per heavy atom. The molecule has 0 radical (unpaired) electrons. The van der Waals surface area contributed by atoms with E-state index in [9.17, 15) is 0 Å². The molecule has 0 saturated carbocycles. The number of nitrogens with one attached hydrogen (secondary N) is 1. The maximum Gasteiger partial charge on any atom is 0.240 e. The molecule has 1 aliphatic heterocycles. The predicted octanol–water partition coefficient (Wildman–Crippen LogP) is 3.85. The summed E-state index contributed by atoms with van der Waals surface area (Å²) >= 11 is 1.56. The summed E-state index contributed by atoms with van der Waals surface area (Å²) < 4.78 is 12.3. The molecule has 1 N–H and O–H groups in total. The zero-order valence-corrected chi connectivity index (χ0v) is 16.3. The molecule has 1 aliphatic rings. The van der Waals surface area contributed by atoms with Crippen molar-refractivity contribution in [2.24, 2.45) is 0 Å². The fraction of sp³-hybridized carbons (Fsp3) is 0.200. The fourth-order valence-electron chi connectivity index (χ4n) is 3.06. The zero-order valence-electron chi connectivity index (χ0n) is 15.5. The lowest BCUT2D eigenvalue weighted by molar-refractivity contribution is 0.122. The third-order valence-electron chi connectivity index (χ3n) is 4.51. The van der Waals surface area contributed by atoms with Gasteiger partial charge in [-0.2, -0.15) is 4.98 Å². The van der Waals surface area contributed by atoms with Crippen LogP contribution in [-0.4, -0.2) is 46.2 Å². The van der Waals surface area contributed by atoms with Crippen LogP contribution in [0.25, 0.3) is 10.2 Å². The minimum Gasteiger partial charge on any atom is -0.437 e. The van der Waals surface area contributed by atoms with Gasteiger partial charge >= 0.3 is 0 Å². The van der Waals surface area contributed by atoms with Gasteiger partial charge in [0.25, 0.3) is 0 Å². The van der Waals surface area contributed by atoms with Crippen LogP contribution in [0.3, 0.4) is 0 Å². The van der Waals surface area contributed by atoms with Crippen molar-refractivity contribution in [2.75, 3.05) is 36.5 Å². The van der Waals surface area contributed by atoms with Crippen LogP contribution < -0.4 is 15.0 Å². The number of hydrogen-bond donors (Lipinski definition) is 1. The number of fused-ring (bicyclic) bond motifs is 1. The molecule has 0 unspecified atom stereocenters. The first-order valence-electron chi connectivity index (χ1n) is 9.24. The van der Waals surface area contributed by atoms with Gasteiger partial charge in [0.2, 0.25) is 11.8 Å². The third kappa shape index (κ3) is 3.96. The third-order valence-corrected chi connectivity index (χ3v) is 5.40. The summed E-state index contributed by atoms with van der Waals surface area (Å²) in [5.41, 5.74) is 1.76. The van der Waals surface area contributed by atoms with Gasteiger partial charge in [-0.25, -0.2) is 15.0 Å². The van der Waals surface area contributed by atoms with Crippen LogP contribution in [0.4, 0.5) is 17.5 Å². The highest BCUT2D eigenvalue weighted by Gasteiger charge is 2.13. The first-order valence-corrected chi connectivity index (χ1v) is 10.1. The van der Waals surface area contributed by atoms with Gasteiger partial charge in [-0.3, -0.25) is 0 Å². The molecule has 4 aromatic rings. The Morgan fingerprint density at radius 1 is 1.00 bits per heavy atom. The van der Waals surface area contributed by atoms with E-state index < -0.39 is 0 Å². The molecule has 0 atom stereocenters. The van der Waals surface area contributed by atoms with E-state index in [2.05, 4.69) is 30.2 Å². The fourth-order valence-corrected chi connectivity index (χ4v) is 3.83. The van der Waals surface area contributed by atoms with E-state index in [1.807, 2.05) is 41.8 Å². The van der Waals surface area contributed by atoms with Gasteiger partial charge in [-0.15, -0.1) is 11.3 Å². The SMILES string of the molecule is c1cc(N2CCOCC2)nc(Nc2ccc(Oc3ncnc4ccsc34)cc2)n1. The number of benzene rings is 1. The van der Waals surface area contributed by atoms with Crippen molar-refractivity contribution < 1.29 is 9.47 Å². The number of thiophene rings is 1. The van der Waals surface area contributed by atoms with Gasteiger partial charge in [0.05, 0.1) is 18.7 Å². The normalized spacial score (nSPS) is 14.1. The van der Waals surface area contributed by atoms with Crippen LogP contribution in [-0.2, 0) is 4.74 Å². The molecule has 8 nitrogen and oxygen atoms in total. The lowest BCUT2D eigenvalue weighted by atomic mass is 10.3. The van der Waals surface area contributed by atoms with E-state index in [0.717, 1.165) is 48.0 Å². The Balaban J connectivity index is 1.29. The van der Waals surface area contributed by atoms with Crippen molar-refractivity contribution in [3.05, 3.63) is 54.3 Å². The van der Waals surface area contributed by atoms with E-state index in [1.165, 1.54) is 6.33 Å². The molecule has 0 amide bonds. The number of ether oxygens (including phenoxy) is 2. The molecule has 146 valence electrons. The van der Waals surface area contributed by atoms with Crippen LogP contribution in [0.2, 0.25) is 0 Å². The summed E-state index contributed by atoms with van der Waals surface area (Å²) in [6, 6.07) is 11.5. The van der Waals surface area contributed by atoms with Gasteiger partial charge < -0.3 is 19.7 Å². The number of morpholine rings is 1. The Labute approximate surface area is 171 Å². The van der Waals surface area contributed by atoms with E-state index in [-0.39, 0.29) is 0 Å². The van der Waals surface area contributed by atoms with Crippen LogP contribution in [0.1, 0.15) is 0 Å². The number of nitrogens with zero attached hydrogens (tertiary/aromatic N) is 5. The van der Waals surface area contributed by atoms with E-state index in [1.54, 1.807) is 17.5 Å². The molecule has 0 bridgehead atoms. The second-order valence-corrected chi connectivity index (χ2v) is 7.32. The summed E-state index contributed by atoms with van der Waals surface area (Å²) in [5, 5.41) is 5.22. The molecule has 4 heterocycles. The van der Waals surface area contributed by atoms with Crippen molar-refractivity contribution in [3.8, 4) is 11.6 Å². The Hall–Kier alpha value is -3.30. The van der Waals surface area contributed by atoms with Crippen molar-refractivity contribution in [2.45, 2.75) is 0 Å². The Kier molecular flexibility index (Phi) is 4.89. The number of rotatable bonds is 5. The minimum absolute atomic E-state index is 0.554. The first kappa shape index (κ1) is 17.8. The van der Waals surface area contributed by atoms with Crippen molar-refractivity contribution >= 4 is 39.0 Å². The maximum absolute atomic E-state index is 5.94. The van der Waals surface area contributed by atoms with Gasteiger partial charge in [-0.1, -0.05) is 0 Å². The average Bonchev–Trinajstić information content (AvgIpc) is 3.26. The average molecular weight is 406 g/mol. The lowest BCUT2D eigenvalue weighted by Gasteiger charge is -2.27. The molecule has 3 aromatic heterocycles. The standard InChI is InChI=1S/C20H18N6O2S/c1-3-15(28-19-18-16(6-12-29-18)22-13-23-19)4-2-14(1)24-20-21-7-5-17(25-20)26-8-10-27-11-9-26/h1-7,12-13H,8-11H2,(H,21,24,25). The summed E-state index contributed by atoms with van der Waals surface area (Å²) in [5.74, 6) is 2.72. The lowest BCUT2D eigenvalue weighted by Crippen LogP contribution is -2.36. The summed E-state index contributed by atoms with van der Waals surface area (Å²) in [7, 11) is 0. The maximum atomic E-state index is 5.94. The van der Waals surface area contributed by atoms with Crippen LogP contribution in [0.15, 0.2) is 54.3 Å². The highest BCUT2D eigenvalue weighted by molar-refractivity contribution is 7.17. The number of anilines is 3. The van der Waals surface area contributed by atoms with Gasteiger partial charge in [0.15, 0.2) is 0 Å². The highest BCUT2D eigenvalue weighted by atomic mass is 32.1. The van der Waals surface area contributed by atoms with Crippen molar-refractivity contribution in [3.63, 3.8) is 0 Å². The summed E-state index contributed by atoms with van der Waals surface area (Å²) in [6.07, 6.45) is 3.28. The molecule has 9 heteroatoms. The quantitative estimate of drug-likeness (QED) is 0.535. The van der Waals surface area contributed by atoms with Crippen LogP contribution in [0, 0.1) is 0 Å². The molecule has 1 aromatic carbocycles. The molecule has 1 saturated heterocycles. The molecule has 0 aliphatic carbocycles. The highest BCUT2D eigenvalue weighted by Crippen LogP contribution is 2.31. The zero-order chi connectivity index (χ0) is 19.5. The van der Waals surface area contributed by atoms with Crippen molar-refractivity contribution in [1.82, 2.24) is 19.9 Å². The topological polar surface area (TPSA) is 85.3 Å². The second-order valence-electron chi connectivity index (χ2n) is 6.40. The molecule has 5 rings (SSSR count). The predicted molar refractivity (Wildman–Crippen MR) is 112 cm³/mol. The molecular formula is C20H18N6O2S. The molecule has 1 fully saturated rings. The van der Waals surface area contributed by atoms with Crippen LogP contribution in [0.5, 0.6) is 11.6 Å². The summed E-state index contributed by atoms with van der Waals surface area (Å²) in [6.45, 7) is 3.11. The molecule has 0 spiro atoms. The van der Waals surface area contributed by atoms with Gasteiger partial charge in [0.1, 0.15) is 22.6 Å². The second kappa shape index (κ2) is 7.98. The number of hydrogen-bond acceptors (Lipinski definition) is 9. The Bertz CT molecular complexity index is 1110.